The van der Waals surface area contributed by atoms with Gasteiger partial charge in [-0.3, -0.25) is 9.36 Å². The number of esters is 1. The van der Waals surface area contributed by atoms with E-state index in [9.17, 15) is 9.59 Å². The van der Waals surface area contributed by atoms with Crippen molar-refractivity contribution in [1.29, 1.82) is 0 Å². The zero-order valence-electron chi connectivity index (χ0n) is 15.6. The van der Waals surface area contributed by atoms with E-state index >= 15 is 0 Å². The standard InChI is InChI=1S/C20H17Cl2N3O3S/c1-3-28-19(27)16-17(23-18(26)12-9-10-14(21)15(22)11-12)24-20(29-2)25(16)13-7-5-4-6-8-13/h4-11H,3H2,1-2H3,(H,23,26). The van der Waals surface area contributed by atoms with E-state index in [1.807, 2.05) is 36.6 Å². The Morgan fingerprint density at radius 3 is 2.48 bits per heavy atom. The minimum atomic E-state index is -0.589. The van der Waals surface area contributed by atoms with Crippen molar-refractivity contribution < 1.29 is 14.3 Å². The lowest BCUT2D eigenvalue weighted by Gasteiger charge is -2.11. The van der Waals surface area contributed by atoms with Gasteiger partial charge in [0.2, 0.25) is 0 Å². The summed E-state index contributed by atoms with van der Waals surface area (Å²) < 4.78 is 6.87. The highest BCUT2D eigenvalue weighted by molar-refractivity contribution is 7.98. The number of aromatic nitrogens is 2. The van der Waals surface area contributed by atoms with E-state index in [0.29, 0.717) is 10.2 Å². The van der Waals surface area contributed by atoms with E-state index in [2.05, 4.69) is 10.3 Å². The lowest BCUT2D eigenvalue weighted by molar-refractivity contribution is 0.0517. The van der Waals surface area contributed by atoms with Gasteiger partial charge in [-0.2, -0.15) is 0 Å². The molecule has 0 saturated heterocycles. The first-order chi connectivity index (χ1) is 14.0. The first kappa shape index (κ1) is 21.2. The Bertz CT molecular complexity index is 1050. The average molecular weight is 450 g/mol. The summed E-state index contributed by atoms with van der Waals surface area (Å²) in [7, 11) is 0. The summed E-state index contributed by atoms with van der Waals surface area (Å²) in [6.45, 7) is 1.90. The molecule has 0 unspecified atom stereocenters. The highest BCUT2D eigenvalue weighted by Crippen LogP contribution is 2.29. The summed E-state index contributed by atoms with van der Waals surface area (Å²) >= 11 is 13.3. The van der Waals surface area contributed by atoms with Crippen LogP contribution in [0.1, 0.15) is 27.8 Å². The van der Waals surface area contributed by atoms with E-state index in [-0.39, 0.29) is 28.7 Å². The predicted octanol–water partition coefficient (Wildman–Crippen LogP) is 5.33. The average Bonchev–Trinajstić information content (AvgIpc) is 3.09. The smallest absolute Gasteiger partial charge is 0.359 e. The van der Waals surface area contributed by atoms with Gasteiger partial charge in [-0.1, -0.05) is 53.2 Å². The van der Waals surface area contributed by atoms with Crippen molar-refractivity contribution in [1.82, 2.24) is 9.55 Å². The van der Waals surface area contributed by atoms with E-state index in [1.165, 1.54) is 30.0 Å². The molecule has 0 atom stereocenters. The number of para-hydroxylation sites is 1. The van der Waals surface area contributed by atoms with E-state index in [4.69, 9.17) is 27.9 Å². The van der Waals surface area contributed by atoms with Crippen LogP contribution in [0.15, 0.2) is 53.7 Å². The van der Waals surface area contributed by atoms with Crippen molar-refractivity contribution in [3.63, 3.8) is 0 Å². The van der Waals surface area contributed by atoms with Crippen molar-refractivity contribution in [3.8, 4) is 5.69 Å². The Morgan fingerprint density at radius 1 is 1.14 bits per heavy atom. The lowest BCUT2D eigenvalue weighted by Crippen LogP contribution is -2.18. The molecule has 150 valence electrons. The molecule has 0 spiro atoms. The number of halogens is 2. The second-order valence-corrected chi connectivity index (χ2v) is 7.36. The van der Waals surface area contributed by atoms with Gasteiger partial charge < -0.3 is 10.1 Å². The molecule has 0 aliphatic heterocycles. The van der Waals surface area contributed by atoms with Crippen LogP contribution < -0.4 is 5.32 Å². The number of benzene rings is 2. The second-order valence-electron chi connectivity index (χ2n) is 5.77. The molecule has 1 amide bonds. The van der Waals surface area contributed by atoms with E-state index in [0.717, 1.165) is 5.69 Å². The van der Waals surface area contributed by atoms with Gasteiger partial charge in [-0.05, 0) is 43.5 Å². The van der Waals surface area contributed by atoms with Gasteiger partial charge in [0.25, 0.3) is 5.91 Å². The number of carbonyl (C=O) groups is 2. The number of nitrogens with one attached hydrogen (secondary N) is 1. The summed E-state index contributed by atoms with van der Waals surface area (Å²) in [6.07, 6.45) is 1.83. The van der Waals surface area contributed by atoms with Crippen LogP contribution in [0.3, 0.4) is 0 Å². The number of amides is 1. The van der Waals surface area contributed by atoms with Crippen molar-refractivity contribution in [3.05, 3.63) is 69.8 Å². The van der Waals surface area contributed by atoms with Crippen LogP contribution >= 0.6 is 35.0 Å². The van der Waals surface area contributed by atoms with E-state index < -0.39 is 11.9 Å². The second kappa shape index (κ2) is 9.35. The quantitative estimate of drug-likeness (QED) is 0.406. The largest absolute Gasteiger partial charge is 0.461 e. The van der Waals surface area contributed by atoms with Gasteiger partial charge in [0, 0.05) is 11.3 Å². The molecule has 1 heterocycles. The predicted molar refractivity (Wildman–Crippen MR) is 116 cm³/mol. The number of nitrogens with zero attached hydrogens (tertiary/aromatic N) is 2. The molecular weight excluding hydrogens is 433 g/mol. The molecule has 9 heteroatoms. The molecular formula is C20H17Cl2N3O3S. The van der Waals surface area contributed by atoms with Crippen LogP contribution in [0.2, 0.25) is 10.0 Å². The summed E-state index contributed by atoms with van der Waals surface area (Å²) in [5.41, 5.74) is 1.15. The Labute approximate surface area is 182 Å². The number of thioether (sulfide) groups is 1. The molecule has 1 aromatic heterocycles. The fourth-order valence-corrected chi connectivity index (χ4v) is 3.51. The third-order valence-corrected chi connectivity index (χ3v) is 5.30. The van der Waals surface area contributed by atoms with E-state index in [1.54, 1.807) is 11.5 Å². The third-order valence-electron chi connectivity index (χ3n) is 3.93. The van der Waals surface area contributed by atoms with Crippen LogP contribution in [0.5, 0.6) is 0 Å². The SMILES string of the molecule is CCOC(=O)c1c(NC(=O)c2ccc(Cl)c(Cl)c2)nc(SC)n1-c1ccccc1. The maximum Gasteiger partial charge on any atom is 0.359 e. The molecule has 6 nitrogen and oxygen atoms in total. The van der Waals surface area contributed by atoms with Gasteiger partial charge >= 0.3 is 5.97 Å². The number of imidazole rings is 1. The van der Waals surface area contributed by atoms with Crippen molar-refractivity contribution in [2.45, 2.75) is 12.1 Å². The minimum absolute atomic E-state index is 0.104. The van der Waals surface area contributed by atoms with Crippen LogP contribution in [0, 0.1) is 0 Å². The van der Waals surface area contributed by atoms with Crippen LogP contribution in [0.4, 0.5) is 5.82 Å². The van der Waals surface area contributed by atoms with Gasteiger partial charge in [-0.15, -0.1) is 0 Å². The molecule has 0 bridgehead atoms. The van der Waals surface area contributed by atoms with Crippen LogP contribution in [-0.2, 0) is 4.74 Å². The number of ether oxygens (including phenoxy) is 1. The van der Waals surface area contributed by atoms with Crippen LogP contribution in [-0.4, -0.2) is 34.3 Å². The maximum absolute atomic E-state index is 12.7. The third kappa shape index (κ3) is 4.58. The molecule has 1 N–H and O–H groups in total. The molecule has 2 aromatic carbocycles. The van der Waals surface area contributed by atoms with Crippen molar-refractivity contribution in [2.24, 2.45) is 0 Å². The minimum Gasteiger partial charge on any atom is -0.461 e. The Balaban J connectivity index is 2.08. The molecule has 3 rings (SSSR count). The maximum atomic E-state index is 12.7. The monoisotopic (exact) mass is 449 g/mol. The number of hydrogen-bond donors (Lipinski definition) is 1. The fourth-order valence-electron chi connectivity index (χ4n) is 2.65. The molecule has 0 aliphatic carbocycles. The molecule has 0 fully saturated rings. The highest BCUT2D eigenvalue weighted by atomic mass is 35.5. The Morgan fingerprint density at radius 2 is 1.86 bits per heavy atom. The summed E-state index contributed by atoms with van der Waals surface area (Å²) in [5, 5.41) is 3.82. The van der Waals surface area contributed by atoms with Crippen molar-refractivity contribution in [2.75, 3.05) is 18.2 Å². The number of hydrogen-bond acceptors (Lipinski definition) is 5. The highest BCUT2D eigenvalue weighted by Gasteiger charge is 2.26. The van der Waals surface area contributed by atoms with Crippen LogP contribution in [0.25, 0.3) is 5.69 Å². The van der Waals surface area contributed by atoms with Crippen molar-refractivity contribution >= 4 is 52.7 Å². The summed E-state index contributed by atoms with van der Waals surface area (Å²) in [4.78, 5) is 29.9. The zero-order chi connectivity index (χ0) is 21.0. The van der Waals surface area contributed by atoms with Gasteiger partial charge in [0.15, 0.2) is 16.7 Å². The number of rotatable bonds is 6. The van der Waals surface area contributed by atoms with Gasteiger partial charge in [0.05, 0.1) is 16.7 Å². The molecule has 0 radical (unpaired) electrons. The normalized spacial score (nSPS) is 10.6. The summed E-state index contributed by atoms with van der Waals surface area (Å²) in [5.74, 6) is -0.958. The molecule has 29 heavy (non-hydrogen) atoms. The Hall–Kier alpha value is -2.48. The number of carbonyl (C=O) groups excluding carboxylic acids is 2. The first-order valence-electron chi connectivity index (χ1n) is 8.62. The molecule has 3 aromatic rings. The Kier molecular flexibility index (Phi) is 6.84. The lowest BCUT2D eigenvalue weighted by atomic mass is 10.2. The van der Waals surface area contributed by atoms with Gasteiger partial charge in [0.1, 0.15) is 0 Å². The molecule has 0 aliphatic rings. The first-order valence-corrected chi connectivity index (χ1v) is 10.6. The van der Waals surface area contributed by atoms with Gasteiger partial charge in [-0.25, -0.2) is 9.78 Å². The fraction of sp³-hybridized carbons (Fsp3) is 0.150. The topological polar surface area (TPSA) is 73.2 Å². The number of anilines is 1. The molecule has 0 saturated carbocycles. The zero-order valence-corrected chi connectivity index (χ0v) is 17.9. The summed E-state index contributed by atoms with van der Waals surface area (Å²) in [6, 6.07) is 13.8.